The minimum atomic E-state index is -0.119. The van der Waals surface area contributed by atoms with Crippen LogP contribution in [0.5, 0.6) is 5.75 Å². The average molecular weight is 431 g/mol. The number of pyridine rings is 1. The zero-order valence-corrected chi connectivity index (χ0v) is 17.5. The van der Waals surface area contributed by atoms with Gasteiger partial charge >= 0.3 is 0 Å². The molecule has 166 valence electrons. The van der Waals surface area contributed by atoms with Gasteiger partial charge in [0, 0.05) is 29.9 Å². The van der Waals surface area contributed by atoms with Crippen molar-refractivity contribution in [1.82, 2.24) is 19.2 Å². The third kappa shape index (κ3) is 4.75. The lowest BCUT2D eigenvalue weighted by Crippen LogP contribution is -2.24. The number of benzene rings is 2. The van der Waals surface area contributed by atoms with Crippen molar-refractivity contribution in [2.24, 2.45) is 0 Å². The van der Waals surface area contributed by atoms with E-state index < -0.39 is 0 Å². The van der Waals surface area contributed by atoms with Crippen LogP contribution in [0.3, 0.4) is 0 Å². The van der Waals surface area contributed by atoms with E-state index in [-0.39, 0.29) is 13.0 Å². The van der Waals surface area contributed by atoms with Crippen LogP contribution in [-0.4, -0.2) is 38.9 Å². The molecule has 0 saturated carbocycles. The molecular formula is C26H30N4O2. The van der Waals surface area contributed by atoms with Gasteiger partial charge in [0.15, 0.2) is 0 Å². The molecule has 1 saturated heterocycles. The van der Waals surface area contributed by atoms with Crippen LogP contribution in [0.4, 0.5) is 0 Å². The van der Waals surface area contributed by atoms with Gasteiger partial charge in [0.05, 0.1) is 18.3 Å². The first-order valence-electron chi connectivity index (χ1n) is 10.8. The highest BCUT2D eigenvalue weighted by atomic mass is 16.5. The lowest BCUT2D eigenvalue weighted by atomic mass is 10.2. The largest absolute Gasteiger partial charge is 0.489 e. The number of fused-ring (bicyclic) bond motifs is 1. The van der Waals surface area contributed by atoms with Gasteiger partial charge in [-0.2, -0.15) is 5.10 Å². The molecule has 2 aromatic heterocycles. The fraction of sp³-hybridized carbons (Fsp3) is 0.308. The van der Waals surface area contributed by atoms with Gasteiger partial charge in [0.2, 0.25) is 0 Å². The Bertz CT molecular complexity index is 1220. The molecule has 32 heavy (non-hydrogen) atoms. The smallest absolute Gasteiger partial charge is 0.258 e. The van der Waals surface area contributed by atoms with Crippen molar-refractivity contribution >= 4 is 10.9 Å². The molecule has 0 radical (unpaired) electrons. The number of nitrogens with zero attached hydrogens (tertiary/aromatic N) is 4. The molecule has 0 aliphatic carbocycles. The fourth-order valence-corrected chi connectivity index (χ4v) is 4.15. The van der Waals surface area contributed by atoms with E-state index in [9.17, 15) is 4.79 Å². The van der Waals surface area contributed by atoms with Crippen LogP contribution < -0.4 is 10.3 Å². The molecule has 0 N–H and O–H groups in total. The first-order valence-corrected chi connectivity index (χ1v) is 10.8. The maximum atomic E-state index is 12.7. The van der Waals surface area contributed by atoms with Crippen LogP contribution in [0.25, 0.3) is 16.6 Å². The van der Waals surface area contributed by atoms with Crippen molar-refractivity contribution in [2.75, 3.05) is 19.6 Å². The molecular weight excluding hydrogens is 400 g/mol. The molecule has 6 heteroatoms. The molecule has 3 heterocycles. The van der Waals surface area contributed by atoms with Crippen molar-refractivity contribution in [3.05, 3.63) is 89.0 Å². The molecule has 0 bridgehead atoms. The predicted molar refractivity (Wildman–Crippen MR) is 129 cm³/mol. The van der Waals surface area contributed by atoms with E-state index in [1.165, 1.54) is 32.0 Å². The van der Waals surface area contributed by atoms with Gasteiger partial charge in [-0.15, -0.1) is 0 Å². The zero-order valence-electron chi connectivity index (χ0n) is 17.5. The molecule has 0 atom stereocenters. The molecule has 6 nitrogen and oxygen atoms in total. The Morgan fingerprint density at radius 1 is 0.938 bits per heavy atom. The Morgan fingerprint density at radius 2 is 1.75 bits per heavy atom. The van der Waals surface area contributed by atoms with E-state index >= 15 is 0 Å². The van der Waals surface area contributed by atoms with Crippen LogP contribution in [0, 0.1) is 0 Å². The third-order valence-corrected chi connectivity index (χ3v) is 5.87. The highest BCUT2D eigenvalue weighted by Crippen LogP contribution is 2.19. The van der Waals surface area contributed by atoms with Crippen molar-refractivity contribution in [2.45, 2.75) is 33.4 Å². The summed E-state index contributed by atoms with van der Waals surface area (Å²) in [5.74, 6) is 0.570. The van der Waals surface area contributed by atoms with Crippen molar-refractivity contribution in [3.63, 3.8) is 0 Å². The Kier molecular flexibility index (Phi) is 6.71. The van der Waals surface area contributed by atoms with Crippen molar-refractivity contribution < 1.29 is 4.74 Å². The first-order chi connectivity index (χ1) is 15.3. The number of hydrogen-bond donors (Lipinski definition) is 0. The molecule has 1 aliphatic rings. The van der Waals surface area contributed by atoms with Crippen molar-refractivity contribution in [3.8, 4) is 11.4 Å². The maximum Gasteiger partial charge on any atom is 0.258 e. The molecule has 0 amide bonds. The summed E-state index contributed by atoms with van der Waals surface area (Å²) in [6.07, 6.45) is 6.24. The monoisotopic (exact) mass is 430 g/mol. The Hall–Kier alpha value is -3.38. The topological polar surface area (TPSA) is 52.3 Å². The summed E-state index contributed by atoms with van der Waals surface area (Å²) in [5, 5.41) is 5.60. The van der Waals surface area contributed by atoms with Gasteiger partial charge < -0.3 is 9.64 Å². The second-order valence-corrected chi connectivity index (χ2v) is 8.00. The van der Waals surface area contributed by atoms with E-state index in [2.05, 4.69) is 14.7 Å². The van der Waals surface area contributed by atoms with Gasteiger partial charge in [-0.1, -0.05) is 37.8 Å². The lowest BCUT2D eigenvalue weighted by Gasteiger charge is -2.14. The van der Waals surface area contributed by atoms with Gasteiger partial charge in [0.1, 0.15) is 12.4 Å². The van der Waals surface area contributed by atoms with E-state index in [0.29, 0.717) is 12.4 Å². The van der Waals surface area contributed by atoms with Crippen LogP contribution >= 0.6 is 0 Å². The van der Waals surface area contributed by atoms with Crippen LogP contribution in [-0.2, 0) is 13.2 Å². The summed E-state index contributed by atoms with van der Waals surface area (Å²) < 4.78 is 9.47. The summed E-state index contributed by atoms with van der Waals surface area (Å²) in [5.41, 5.74) is 2.87. The molecule has 5 rings (SSSR count). The molecule has 4 aromatic rings. The van der Waals surface area contributed by atoms with Gasteiger partial charge in [-0.25, -0.2) is 0 Å². The number of hydrogen-bond acceptors (Lipinski definition) is 4. The van der Waals surface area contributed by atoms with E-state index in [4.69, 9.17) is 4.74 Å². The number of likely N-dealkylation sites (tertiary alicyclic amines) is 1. The third-order valence-electron chi connectivity index (χ3n) is 5.87. The molecule has 1 fully saturated rings. The first kappa shape index (κ1) is 21.8. The minimum Gasteiger partial charge on any atom is -0.489 e. The lowest BCUT2D eigenvalue weighted by molar-refractivity contribution is 0.305. The Labute approximate surface area is 188 Å². The Balaban J connectivity index is 0.00000245. The maximum absolute atomic E-state index is 12.7. The van der Waals surface area contributed by atoms with Crippen LogP contribution in [0.15, 0.2) is 77.9 Å². The van der Waals surface area contributed by atoms with Gasteiger partial charge in [-0.05, 0) is 55.8 Å². The van der Waals surface area contributed by atoms with Crippen molar-refractivity contribution in [1.29, 1.82) is 0 Å². The van der Waals surface area contributed by atoms with Crippen LogP contribution in [0.2, 0.25) is 0 Å². The highest BCUT2D eigenvalue weighted by Gasteiger charge is 2.12. The normalized spacial score (nSPS) is 13.9. The molecule has 0 unspecified atom stereocenters. The zero-order chi connectivity index (χ0) is 21.0. The number of rotatable bonds is 7. The molecule has 0 spiro atoms. The highest BCUT2D eigenvalue weighted by molar-refractivity contribution is 5.80. The van der Waals surface area contributed by atoms with Crippen LogP contribution in [0.1, 0.15) is 25.8 Å². The summed E-state index contributed by atoms with van der Waals surface area (Å²) in [6, 6.07) is 19.3. The quantitative estimate of drug-likeness (QED) is 0.433. The van der Waals surface area contributed by atoms with Gasteiger partial charge in [-0.3, -0.25) is 14.0 Å². The second kappa shape index (κ2) is 9.83. The van der Waals surface area contributed by atoms with E-state index in [0.717, 1.165) is 35.2 Å². The average Bonchev–Trinajstić information content (AvgIpc) is 3.46. The SMILES string of the molecule is C.O=c1cc(OCc2ccccc2)ccn1-c1ccc2c(cnn2CCN2CCCC2)c1. The van der Waals surface area contributed by atoms with Gasteiger partial charge in [0.25, 0.3) is 5.56 Å². The summed E-state index contributed by atoms with van der Waals surface area (Å²) in [4.78, 5) is 15.2. The number of ether oxygens (including phenoxy) is 1. The minimum absolute atomic E-state index is 0. The molecule has 2 aromatic carbocycles. The number of aromatic nitrogens is 3. The second-order valence-electron chi connectivity index (χ2n) is 8.00. The van der Waals surface area contributed by atoms with E-state index in [1.54, 1.807) is 10.8 Å². The molecule has 1 aliphatic heterocycles. The van der Waals surface area contributed by atoms with E-state index in [1.807, 2.05) is 60.8 Å². The summed E-state index contributed by atoms with van der Waals surface area (Å²) >= 11 is 0. The summed E-state index contributed by atoms with van der Waals surface area (Å²) in [6.45, 7) is 4.74. The Morgan fingerprint density at radius 3 is 2.53 bits per heavy atom. The predicted octanol–water partition coefficient (Wildman–Crippen LogP) is 4.50. The fourth-order valence-electron chi connectivity index (χ4n) is 4.15. The summed E-state index contributed by atoms with van der Waals surface area (Å²) in [7, 11) is 0. The standard InChI is InChI=1S/C25H26N4O2.CH4/c30-25-17-23(31-19-20-6-2-1-3-7-20)10-13-28(25)22-8-9-24-21(16-22)18-26-29(24)15-14-27-11-4-5-12-27;/h1-3,6-10,13,16-18H,4-5,11-12,14-15,19H2;1H4.